The van der Waals surface area contributed by atoms with Crippen LogP contribution in [0.3, 0.4) is 0 Å². The molecule has 0 spiro atoms. The molecule has 0 aromatic heterocycles. The number of halogens is 1. The monoisotopic (exact) mass is 466 g/mol. The molecule has 33 heavy (non-hydrogen) atoms. The summed E-state index contributed by atoms with van der Waals surface area (Å²) < 4.78 is 5.15. The molecule has 0 saturated heterocycles. The van der Waals surface area contributed by atoms with Gasteiger partial charge in [0.15, 0.2) is 0 Å². The van der Waals surface area contributed by atoms with Gasteiger partial charge >= 0.3 is 0 Å². The van der Waals surface area contributed by atoms with E-state index < -0.39 is 17.7 Å². The molecule has 3 aromatic carbocycles. The van der Waals surface area contributed by atoms with Crippen molar-refractivity contribution in [3.63, 3.8) is 0 Å². The third-order valence-corrected chi connectivity index (χ3v) is 6.04. The zero-order valence-corrected chi connectivity index (χ0v) is 18.7. The van der Waals surface area contributed by atoms with Crippen LogP contribution in [0.15, 0.2) is 60.7 Å². The molecule has 4 rings (SSSR count). The third kappa shape index (κ3) is 4.73. The Kier molecular flexibility index (Phi) is 6.42. The molecule has 0 radical (unpaired) electrons. The number of benzene rings is 3. The second kappa shape index (κ2) is 9.42. The van der Waals surface area contributed by atoms with Crippen molar-refractivity contribution in [1.29, 1.82) is 0 Å². The maximum absolute atomic E-state index is 13.4. The second-order valence-corrected chi connectivity index (χ2v) is 8.22. The minimum absolute atomic E-state index is 0.0610. The van der Waals surface area contributed by atoms with Crippen LogP contribution in [0.4, 0.5) is 0 Å². The Hall–Kier alpha value is -3.71. The van der Waals surface area contributed by atoms with Crippen LogP contribution < -0.4 is 10.1 Å². The van der Waals surface area contributed by atoms with Crippen LogP contribution in [0.5, 0.6) is 17.2 Å². The Labute approximate surface area is 196 Å². The molecular weight excluding hydrogens is 444 g/mol. The zero-order chi connectivity index (χ0) is 23.5. The molecule has 1 aliphatic heterocycles. The van der Waals surface area contributed by atoms with E-state index in [1.165, 1.54) is 11.0 Å². The topological polar surface area (TPSA) is 99.1 Å². The van der Waals surface area contributed by atoms with E-state index in [4.69, 9.17) is 16.3 Å². The summed E-state index contributed by atoms with van der Waals surface area (Å²) in [6, 6.07) is 16.4. The molecule has 8 heteroatoms. The summed E-state index contributed by atoms with van der Waals surface area (Å²) in [5.41, 5.74) is 2.72. The van der Waals surface area contributed by atoms with E-state index in [9.17, 15) is 19.8 Å². The molecule has 0 saturated carbocycles. The normalized spacial score (nSPS) is 15.0. The van der Waals surface area contributed by atoms with Crippen molar-refractivity contribution in [2.75, 3.05) is 7.11 Å². The molecule has 1 aliphatic rings. The lowest BCUT2D eigenvalue weighted by atomic mass is 9.92. The quantitative estimate of drug-likeness (QED) is 0.533. The second-order valence-electron chi connectivity index (χ2n) is 7.81. The summed E-state index contributed by atoms with van der Waals surface area (Å²) in [6.07, 6.45) is 0.336. The first-order valence-electron chi connectivity index (χ1n) is 10.4. The fourth-order valence-corrected chi connectivity index (χ4v) is 4.06. The number of carbonyl (C=O) groups is 2. The van der Waals surface area contributed by atoms with E-state index in [1.807, 2.05) is 48.5 Å². The molecule has 1 heterocycles. The molecule has 170 valence electrons. The Bertz CT molecular complexity index is 1200. The van der Waals surface area contributed by atoms with E-state index in [1.54, 1.807) is 7.11 Å². The molecule has 1 atom stereocenters. The van der Waals surface area contributed by atoms with Crippen LogP contribution in [-0.4, -0.2) is 40.1 Å². The molecular formula is C25H23ClN2O5. The molecule has 2 amide bonds. The van der Waals surface area contributed by atoms with Gasteiger partial charge in [-0.3, -0.25) is 9.59 Å². The van der Waals surface area contributed by atoms with Gasteiger partial charge in [-0.2, -0.15) is 0 Å². The van der Waals surface area contributed by atoms with Crippen molar-refractivity contribution < 1.29 is 24.5 Å². The molecule has 3 N–H and O–H groups in total. The Morgan fingerprint density at radius 2 is 1.76 bits per heavy atom. The minimum Gasteiger partial charge on any atom is -0.507 e. The first kappa shape index (κ1) is 22.5. The lowest BCUT2D eigenvalue weighted by molar-refractivity contribution is -0.126. The lowest BCUT2D eigenvalue weighted by Gasteiger charge is -2.36. The van der Waals surface area contributed by atoms with Crippen molar-refractivity contribution >= 4 is 23.4 Å². The summed E-state index contributed by atoms with van der Waals surface area (Å²) in [5, 5.41) is 22.8. The van der Waals surface area contributed by atoms with Gasteiger partial charge in [-0.25, -0.2) is 0 Å². The molecule has 7 nitrogen and oxygen atoms in total. The van der Waals surface area contributed by atoms with Crippen molar-refractivity contribution in [2.24, 2.45) is 0 Å². The van der Waals surface area contributed by atoms with Gasteiger partial charge in [0, 0.05) is 25.6 Å². The zero-order valence-electron chi connectivity index (χ0n) is 17.9. The number of amides is 2. The van der Waals surface area contributed by atoms with Crippen LogP contribution in [0.2, 0.25) is 5.02 Å². The van der Waals surface area contributed by atoms with Gasteiger partial charge in [-0.05, 0) is 34.9 Å². The smallest absolute Gasteiger partial charge is 0.258 e. The molecule has 0 fully saturated rings. The largest absolute Gasteiger partial charge is 0.507 e. The van der Waals surface area contributed by atoms with E-state index in [2.05, 4.69) is 5.32 Å². The van der Waals surface area contributed by atoms with E-state index in [-0.39, 0.29) is 28.8 Å². The van der Waals surface area contributed by atoms with E-state index >= 15 is 0 Å². The average molecular weight is 467 g/mol. The number of hydrogen-bond donors (Lipinski definition) is 3. The van der Waals surface area contributed by atoms with Crippen molar-refractivity contribution in [3.8, 4) is 17.2 Å². The molecule has 0 bridgehead atoms. The summed E-state index contributed by atoms with van der Waals surface area (Å²) in [6.45, 7) is 0.493. The van der Waals surface area contributed by atoms with Gasteiger partial charge in [0.1, 0.15) is 23.3 Å². The lowest BCUT2D eigenvalue weighted by Crippen LogP contribution is -2.52. The Morgan fingerprint density at radius 1 is 1.06 bits per heavy atom. The highest BCUT2D eigenvalue weighted by Gasteiger charge is 2.36. The highest BCUT2D eigenvalue weighted by molar-refractivity contribution is 6.32. The van der Waals surface area contributed by atoms with Gasteiger partial charge in [0.05, 0.1) is 17.7 Å². The predicted octanol–water partition coefficient (Wildman–Crippen LogP) is 3.64. The number of nitrogens with zero attached hydrogens (tertiary/aromatic N) is 1. The van der Waals surface area contributed by atoms with E-state index in [0.29, 0.717) is 13.0 Å². The number of methoxy groups -OCH3 is 1. The predicted molar refractivity (Wildman–Crippen MR) is 123 cm³/mol. The summed E-state index contributed by atoms with van der Waals surface area (Å²) in [7, 11) is 1.59. The fourth-order valence-electron chi connectivity index (χ4n) is 3.90. The van der Waals surface area contributed by atoms with Crippen LogP contribution in [-0.2, 0) is 24.3 Å². The van der Waals surface area contributed by atoms with Crippen molar-refractivity contribution in [3.05, 3.63) is 87.9 Å². The number of fused-ring (bicyclic) bond motifs is 1. The number of carbonyl (C=O) groups excluding carboxylic acids is 2. The van der Waals surface area contributed by atoms with Gasteiger partial charge in [0.2, 0.25) is 5.91 Å². The Balaban J connectivity index is 1.59. The highest BCUT2D eigenvalue weighted by atomic mass is 35.5. The average Bonchev–Trinajstić information content (AvgIpc) is 2.83. The van der Waals surface area contributed by atoms with Crippen LogP contribution in [0.25, 0.3) is 0 Å². The molecule has 0 unspecified atom stereocenters. The number of phenols is 2. The number of aromatic hydroxyl groups is 2. The van der Waals surface area contributed by atoms with Crippen molar-refractivity contribution in [1.82, 2.24) is 10.2 Å². The van der Waals surface area contributed by atoms with E-state index in [0.717, 1.165) is 28.5 Å². The number of hydrogen-bond acceptors (Lipinski definition) is 5. The summed E-state index contributed by atoms with van der Waals surface area (Å²) in [5.74, 6) is -0.869. The van der Waals surface area contributed by atoms with Crippen LogP contribution in [0, 0.1) is 0 Å². The van der Waals surface area contributed by atoms with Crippen LogP contribution in [0.1, 0.15) is 27.0 Å². The number of rotatable bonds is 5. The number of phenolic OH excluding ortho intramolecular Hbond substituents is 2. The van der Waals surface area contributed by atoms with Gasteiger partial charge in [0.25, 0.3) is 5.91 Å². The SMILES string of the molecule is COc1ccc(CNC(=O)[C@H]2Cc3ccccc3CN2C(=O)c2cc(Cl)c(O)cc2O)cc1. The molecule has 3 aromatic rings. The summed E-state index contributed by atoms with van der Waals surface area (Å²) >= 11 is 5.97. The maximum atomic E-state index is 13.4. The van der Waals surface area contributed by atoms with Crippen molar-refractivity contribution in [2.45, 2.75) is 25.6 Å². The number of ether oxygens (including phenoxy) is 1. The van der Waals surface area contributed by atoms with Gasteiger partial charge in [-0.15, -0.1) is 0 Å². The maximum Gasteiger partial charge on any atom is 0.258 e. The van der Waals surface area contributed by atoms with Crippen LogP contribution >= 0.6 is 11.6 Å². The third-order valence-electron chi connectivity index (χ3n) is 5.73. The molecule has 0 aliphatic carbocycles. The standard InChI is InChI=1S/C25H23ClN2O5/c1-33-18-8-6-15(7-9-18)13-27-24(31)21-10-16-4-2-3-5-17(16)14-28(21)25(32)19-11-20(26)23(30)12-22(19)29/h2-9,11-12,21,29-30H,10,13-14H2,1H3,(H,27,31)/t21-/m1/s1. The minimum atomic E-state index is -0.780. The first-order chi connectivity index (χ1) is 15.9. The number of nitrogens with one attached hydrogen (secondary N) is 1. The Morgan fingerprint density at radius 3 is 2.45 bits per heavy atom. The fraction of sp³-hybridized carbons (Fsp3) is 0.200. The first-order valence-corrected chi connectivity index (χ1v) is 10.7. The highest BCUT2D eigenvalue weighted by Crippen LogP contribution is 2.33. The van der Waals surface area contributed by atoms with Gasteiger partial charge in [-0.1, -0.05) is 48.0 Å². The summed E-state index contributed by atoms with van der Waals surface area (Å²) in [4.78, 5) is 28.0. The van der Waals surface area contributed by atoms with Gasteiger partial charge < -0.3 is 25.2 Å².